The van der Waals surface area contributed by atoms with Gasteiger partial charge in [-0.15, -0.1) is 0 Å². The lowest BCUT2D eigenvalue weighted by Gasteiger charge is -2.35. The number of alkyl halides is 2. The molecule has 3 fully saturated rings. The highest BCUT2D eigenvalue weighted by molar-refractivity contribution is 4.90. The van der Waals surface area contributed by atoms with Crippen LogP contribution >= 0.6 is 0 Å². The monoisotopic (exact) mass is 258 g/mol. The Morgan fingerprint density at radius 2 is 2.06 bits per heavy atom. The second-order valence-corrected chi connectivity index (χ2v) is 6.43. The summed E-state index contributed by atoms with van der Waals surface area (Å²) in [5.74, 6) is -2.19. The second-order valence-electron chi connectivity index (χ2n) is 6.43. The van der Waals surface area contributed by atoms with Gasteiger partial charge in [0.05, 0.1) is 0 Å². The average Bonchev–Trinajstić information content (AvgIpc) is 2.92. The molecular weight excluding hydrogens is 234 g/mol. The topological polar surface area (TPSA) is 15.3 Å². The van der Waals surface area contributed by atoms with E-state index in [1.807, 2.05) is 0 Å². The predicted octanol–water partition coefficient (Wildman–Crippen LogP) is 2.64. The van der Waals surface area contributed by atoms with Crippen LogP contribution < -0.4 is 5.32 Å². The molecule has 2 nitrogen and oxygen atoms in total. The zero-order valence-electron chi connectivity index (χ0n) is 11.0. The van der Waals surface area contributed by atoms with Gasteiger partial charge in [-0.3, -0.25) is 0 Å². The van der Waals surface area contributed by atoms with E-state index >= 15 is 0 Å². The van der Waals surface area contributed by atoms with E-state index in [4.69, 9.17) is 0 Å². The van der Waals surface area contributed by atoms with Gasteiger partial charge in [0, 0.05) is 24.9 Å². The van der Waals surface area contributed by atoms with Gasteiger partial charge < -0.3 is 10.2 Å². The van der Waals surface area contributed by atoms with Crippen LogP contribution in [0.3, 0.4) is 0 Å². The fraction of sp³-hybridized carbons (Fsp3) is 1.00. The average molecular weight is 258 g/mol. The van der Waals surface area contributed by atoms with Gasteiger partial charge >= 0.3 is 0 Å². The van der Waals surface area contributed by atoms with Crippen LogP contribution in [0.25, 0.3) is 0 Å². The summed E-state index contributed by atoms with van der Waals surface area (Å²) in [5, 5.41) is 3.55. The first kappa shape index (κ1) is 12.8. The summed E-state index contributed by atoms with van der Waals surface area (Å²) < 4.78 is 26.2. The zero-order chi connectivity index (χ0) is 12.6. The van der Waals surface area contributed by atoms with E-state index in [9.17, 15) is 8.78 Å². The number of fused-ring (bicyclic) bond motifs is 1. The van der Waals surface area contributed by atoms with Gasteiger partial charge in [0.1, 0.15) is 0 Å². The first-order valence-corrected chi connectivity index (χ1v) is 7.48. The standard InChI is InChI=1S/C14H24F2N2/c15-14(16)5-3-11(9-14)10-17-12-4-7-18-6-1-2-13(18)8-12/h11-13,17H,1-10H2. The van der Waals surface area contributed by atoms with Crippen molar-refractivity contribution in [2.75, 3.05) is 19.6 Å². The van der Waals surface area contributed by atoms with Crippen molar-refractivity contribution in [3.63, 3.8) is 0 Å². The van der Waals surface area contributed by atoms with Crippen molar-refractivity contribution in [1.29, 1.82) is 0 Å². The maximum absolute atomic E-state index is 13.1. The van der Waals surface area contributed by atoms with Crippen LogP contribution in [0.5, 0.6) is 0 Å². The van der Waals surface area contributed by atoms with Gasteiger partial charge in [-0.25, -0.2) is 8.78 Å². The minimum Gasteiger partial charge on any atom is -0.314 e. The van der Waals surface area contributed by atoms with Crippen molar-refractivity contribution in [2.45, 2.75) is 63.0 Å². The van der Waals surface area contributed by atoms with Gasteiger partial charge in [-0.1, -0.05) is 0 Å². The lowest BCUT2D eigenvalue weighted by molar-refractivity contribution is 0.00485. The van der Waals surface area contributed by atoms with Crippen molar-refractivity contribution in [2.24, 2.45) is 5.92 Å². The molecule has 0 aromatic heterocycles. The Kier molecular flexibility index (Phi) is 3.59. The minimum absolute atomic E-state index is 0.0976. The van der Waals surface area contributed by atoms with Crippen molar-refractivity contribution >= 4 is 0 Å². The number of nitrogens with one attached hydrogen (secondary N) is 1. The smallest absolute Gasteiger partial charge is 0.248 e. The van der Waals surface area contributed by atoms with Crippen LogP contribution in [0.4, 0.5) is 8.78 Å². The molecule has 1 aliphatic carbocycles. The van der Waals surface area contributed by atoms with Gasteiger partial charge in [-0.05, 0) is 57.7 Å². The molecule has 0 bridgehead atoms. The van der Waals surface area contributed by atoms with Gasteiger partial charge in [0.15, 0.2) is 0 Å². The largest absolute Gasteiger partial charge is 0.314 e. The number of hydrogen-bond acceptors (Lipinski definition) is 2. The normalized spacial score (nSPS) is 40.0. The molecule has 3 aliphatic rings. The van der Waals surface area contributed by atoms with Crippen molar-refractivity contribution < 1.29 is 8.78 Å². The van der Waals surface area contributed by atoms with E-state index in [1.165, 1.54) is 38.8 Å². The maximum Gasteiger partial charge on any atom is 0.248 e. The molecule has 2 aliphatic heterocycles. The third kappa shape index (κ3) is 2.85. The van der Waals surface area contributed by atoms with Crippen LogP contribution in [0, 0.1) is 5.92 Å². The summed E-state index contributed by atoms with van der Waals surface area (Å²) >= 11 is 0. The highest BCUT2D eigenvalue weighted by Crippen LogP contribution is 2.38. The summed E-state index contributed by atoms with van der Waals surface area (Å²) in [6, 6.07) is 1.33. The van der Waals surface area contributed by atoms with Crippen LogP contribution in [0.15, 0.2) is 0 Å². The van der Waals surface area contributed by atoms with Crippen molar-refractivity contribution in [3.8, 4) is 0 Å². The molecule has 1 saturated carbocycles. The van der Waals surface area contributed by atoms with Gasteiger partial charge in [0.2, 0.25) is 5.92 Å². The maximum atomic E-state index is 13.1. The third-order valence-electron chi connectivity index (χ3n) is 5.02. The molecule has 3 rings (SSSR count). The summed E-state index contributed by atoms with van der Waals surface area (Å²) in [6.07, 6.45) is 5.99. The fourth-order valence-electron chi connectivity index (χ4n) is 3.96. The second kappa shape index (κ2) is 5.04. The highest BCUT2D eigenvalue weighted by atomic mass is 19.3. The number of nitrogens with zero attached hydrogens (tertiary/aromatic N) is 1. The molecule has 0 radical (unpaired) electrons. The summed E-state index contributed by atoms with van der Waals surface area (Å²) in [4.78, 5) is 2.60. The lowest BCUT2D eigenvalue weighted by atomic mass is 9.97. The Labute approximate surface area is 108 Å². The number of piperidine rings is 1. The molecule has 104 valence electrons. The zero-order valence-corrected chi connectivity index (χ0v) is 11.0. The van der Waals surface area contributed by atoms with Crippen molar-refractivity contribution in [1.82, 2.24) is 10.2 Å². The third-order valence-corrected chi connectivity index (χ3v) is 5.02. The Morgan fingerprint density at radius 1 is 1.17 bits per heavy atom. The number of hydrogen-bond donors (Lipinski definition) is 1. The fourth-order valence-corrected chi connectivity index (χ4v) is 3.96. The molecule has 0 aromatic carbocycles. The number of rotatable bonds is 3. The SMILES string of the molecule is FC1(F)CCC(CNC2CCN3CCCC3C2)C1. The molecule has 3 atom stereocenters. The molecule has 18 heavy (non-hydrogen) atoms. The van der Waals surface area contributed by atoms with Crippen molar-refractivity contribution in [3.05, 3.63) is 0 Å². The molecule has 0 amide bonds. The molecular formula is C14H24F2N2. The Morgan fingerprint density at radius 3 is 2.83 bits per heavy atom. The highest BCUT2D eigenvalue weighted by Gasteiger charge is 2.39. The van der Waals surface area contributed by atoms with E-state index < -0.39 is 5.92 Å². The molecule has 0 spiro atoms. The molecule has 3 unspecified atom stereocenters. The van der Waals surface area contributed by atoms with Crippen LogP contribution in [0.1, 0.15) is 44.9 Å². The first-order chi connectivity index (χ1) is 8.62. The molecule has 0 aromatic rings. The van der Waals surface area contributed by atoms with E-state index in [0.29, 0.717) is 12.5 Å². The van der Waals surface area contributed by atoms with E-state index in [0.717, 1.165) is 12.6 Å². The summed E-state index contributed by atoms with van der Waals surface area (Å²) in [6.45, 7) is 3.27. The quantitative estimate of drug-likeness (QED) is 0.837. The van der Waals surface area contributed by atoms with Crippen LogP contribution in [-0.4, -0.2) is 42.5 Å². The van der Waals surface area contributed by atoms with Crippen LogP contribution in [-0.2, 0) is 0 Å². The summed E-state index contributed by atoms with van der Waals surface area (Å²) in [5.41, 5.74) is 0. The first-order valence-electron chi connectivity index (χ1n) is 7.48. The van der Waals surface area contributed by atoms with E-state index in [2.05, 4.69) is 10.2 Å². The molecule has 2 saturated heterocycles. The lowest BCUT2D eigenvalue weighted by Crippen LogP contribution is -2.46. The molecule has 4 heteroatoms. The van der Waals surface area contributed by atoms with Crippen LogP contribution in [0.2, 0.25) is 0 Å². The van der Waals surface area contributed by atoms with E-state index in [-0.39, 0.29) is 18.8 Å². The van der Waals surface area contributed by atoms with Gasteiger partial charge in [-0.2, -0.15) is 0 Å². The summed E-state index contributed by atoms with van der Waals surface area (Å²) in [7, 11) is 0. The predicted molar refractivity (Wildman–Crippen MR) is 67.9 cm³/mol. The molecule has 2 heterocycles. The Bertz CT molecular complexity index is 296. The van der Waals surface area contributed by atoms with Gasteiger partial charge in [0.25, 0.3) is 0 Å². The number of halogens is 2. The Hall–Kier alpha value is -0.220. The molecule has 1 N–H and O–H groups in total. The Balaban J connectivity index is 1.41. The van der Waals surface area contributed by atoms with E-state index in [1.54, 1.807) is 0 Å². The minimum atomic E-state index is -2.39.